The molecular weight excluding hydrogens is 334 g/mol. The summed E-state index contributed by atoms with van der Waals surface area (Å²) >= 11 is 1.67. The zero-order valence-electron chi connectivity index (χ0n) is 14.9. The van der Waals surface area contributed by atoms with Crippen LogP contribution in [0.2, 0.25) is 0 Å². The van der Waals surface area contributed by atoms with Crippen molar-refractivity contribution in [2.75, 3.05) is 26.2 Å². The van der Waals surface area contributed by atoms with Gasteiger partial charge in [0.25, 0.3) is 5.91 Å². The van der Waals surface area contributed by atoms with Crippen LogP contribution >= 0.6 is 11.3 Å². The highest BCUT2D eigenvalue weighted by Crippen LogP contribution is 2.30. The van der Waals surface area contributed by atoms with Gasteiger partial charge in [0.05, 0.1) is 10.8 Å². The lowest BCUT2D eigenvalue weighted by Gasteiger charge is -2.31. The first-order chi connectivity index (χ1) is 12.2. The van der Waals surface area contributed by atoms with Gasteiger partial charge in [-0.2, -0.15) is 0 Å². The Morgan fingerprint density at radius 3 is 2.80 bits per heavy atom. The number of likely N-dealkylation sites (tertiary alicyclic amines) is 1. The number of nitrogens with zero attached hydrogens (tertiary/aromatic N) is 1. The second-order valence-electron chi connectivity index (χ2n) is 7.14. The third-order valence-electron chi connectivity index (χ3n) is 5.23. The van der Waals surface area contributed by atoms with Gasteiger partial charge in [-0.25, -0.2) is 0 Å². The van der Waals surface area contributed by atoms with E-state index in [4.69, 9.17) is 5.73 Å². The maximum Gasteiger partial charge on any atom is 0.263 e. The van der Waals surface area contributed by atoms with Crippen LogP contribution in [-0.4, -0.2) is 42.9 Å². The van der Waals surface area contributed by atoms with E-state index in [2.05, 4.69) is 11.4 Å². The molecule has 138 valence electrons. The summed E-state index contributed by atoms with van der Waals surface area (Å²) in [6, 6.07) is 2.12. The van der Waals surface area contributed by atoms with Crippen LogP contribution in [0.3, 0.4) is 0 Å². The fourth-order valence-electron chi connectivity index (χ4n) is 3.82. The summed E-state index contributed by atoms with van der Waals surface area (Å²) in [5, 5.41) is 2.86. The average Bonchev–Trinajstić information content (AvgIpc) is 3.01. The van der Waals surface area contributed by atoms with Crippen molar-refractivity contribution in [1.29, 1.82) is 0 Å². The maximum absolute atomic E-state index is 13.0. The lowest BCUT2D eigenvalue weighted by Crippen LogP contribution is -2.46. The number of piperidine rings is 1. The van der Waals surface area contributed by atoms with E-state index in [0.717, 1.165) is 37.1 Å². The summed E-state index contributed by atoms with van der Waals surface area (Å²) in [7, 11) is 0. The van der Waals surface area contributed by atoms with Crippen molar-refractivity contribution >= 4 is 23.2 Å². The summed E-state index contributed by atoms with van der Waals surface area (Å²) in [5.41, 5.74) is 6.83. The molecule has 2 amide bonds. The third kappa shape index (κ3) is 4.61. The van der Waals surface area contributed by atoms with Gasteiger partial charge in [-0.1, -0.05) is 12.8 Å². The molecule has 1 saturated heterocycles. The Bertz CT molecular complexity index is 588. The number of thiophene rings is 1. The number of rotatable bonds is 4. The molecule has 3 rings (SSSR count). The summed E-state index contributed by atoms with van der Waals surface area (Å²) < 4.78 is 0. The molecule has 1 aromatic heterocycles. The number of nitrogens with one attached hydrogen (secondary N) is 1. The Labute approximate surface area is 154 Å². The minimum absolute atomic E-state index is 0.0291. The quantitative estimate of drug-likeness (QED) is 0.862. The summed E-state index contributed by atoms with van der Waals surface area (Å²) in [6.45, 7) is 2.22. The second-order valence-corrected chi connectivity index (χ2v) is 8.28. The Kier molecular flexibility index (Phi) is 6.48. The van der Waals surface area contributed by atoms with Crippen LogP contribution < -0.4 is 11.1 Å². The van der Waals surface area contributed by atoms with Gasteiger partial charge < -0.3 is 16.0 Å². The van der Waals surface area contributed by atoms with E-state index in [1.165, 1.54) is 36.1 Å². The van der Waals surface area contributed by atoms with Gasteiger partial charge >= 0.3 is 0 Å². The van der Waals surface area contributed by atoms with E-state index in [-0.39, 0.29) is 17.7 Å². The van der Waals surface area contributed by atoms with Crippen LogP contribution in [0.4, 0.5) is 0 Å². The van der Waals surface area contributed by atoms with Crippen molar-refractivity contribution in [2.45, 2.75) is 51.4 Å². The maximum atomic E-state index is 13.0. The molecule has 1 unspecified atom stereocenters. The smallest absolute Gasteiger partial charge is 0.263 e. The van der Waals surface area contributed by atoms with Gasteiger partial charge in [0.15, 0.2) is 0 Å². The van der Waals surface area contributed by atoms with Crippen molar-refractivity contribution in [3.05, 3.63) is 21.4 Å². The van der Waals surface area contributed by atoms with Crippen LogP contribution in [0.15, 0.2) is 6.07 Å². The van der Waals surface area contributed by atoms with Crippen molar-refractivity contribution in [1.82, 2.24) is 10.2 Å². The van der Waals surface area contributed by atoms with Gasteiger partial charge in [-0.05, 0) is 50.2 Å². The second kappa shape index (κ2) is 8.81. The number of carbonyl (C=O) groups excluding carboxylic acids is 2. The zero-order chi connectivity index (χ0) is 17.6. The molecule has 1 atom stereocenters. The number of nitrogens with two attached hydrogens (primary N) is 1. The predicted octanol–water partition coefficient (Wildman–Crippen LogP) is 2.33. The summed E-state index contributed by atoms with van der Waals surface area (Å²) in [4.78, 5) is 29.3. The number of fused-ring (bicyclic) bond motifs is 1. The van der Waals surface area contributed by atoms with Crippen molar-refractivity contribution in [3.8, 4) is 0 Å². The van der Waals surface area contributed by atoms with E-state index in [9.17, 15) is 9.59 Å². The van der Waals surface area contributed by atoms with Crippen LogP contribution in [0.1, 0.15) is 58.6 Å². The molecule has 5 nitrogen and oxygen atoms in total. The molecular formula is C19H29N3O2S. The molecule has 1 aromatic rings. The first-order valence-electron chi connectivity index (χ1n) is 9.57. The van der Waals surface area contributed by atoms with Gasteiger partial charge in [0.2, 0.25) is 5.91 Å². The number of hydrogen-bond donors (Lipinski definition) is 2. The minimum atomic E-state index is -0.106. The van der Waals surface area contributed by atoms with E-state index in [1.54, 1.807) is 11.3 Å². The van der Waals surface area contributed by atoms with E-state index < -0.39 is 0 Å². The third-order valence-corrected chi connectivity index (χ3v) is 6.46. The first-order valence-corrected chi connectivity index (χ1v) is 10.4. The Morgan fingerprint density at radius 1 is 1.20 bits per heavy atom. The molecule has 1 aliphatic carbocycles. The Balaban J connectivity index is 1.66. The fourth-order valence-corrected chi connectivity index (χ4v) is 5.04. The highest BCUT2D eigenvalue weighted by molar-refractivity contribution is 7.14. The standard InChI is InChI=1S/C19H29N3O2S/c20-9-10-21-18(23)15-7-5-11-22(13-15)19(24)17-12-14-6-3-1-2-4-8-16(14)25-17/h12,15H,1-11,13,20H2,(H,21,23). The molecule has 0 spiro atoms. The van der Waals surface area contributed by atoms with Gasteiger partial charge in [-0.3, -0.25) is 9.59 Å². The topological polar surface area (TPSA) is 75.4 Å². The summed E-state index contributed by atoms with van der Waals surface area (Å²) in [5.74, 6) is 0.0275. The summed E-state index contributed by atoms with van der Waals surface area (Å²) in [6.07, 6.45) is 8.99. The highest BCUT2D eigenvalue weighted by Gasteiger charge is 2.29. The van der Waals surface area contributed by atoms with E-state index >= 15 is 0 Å². The molecule has 25 heavy (non-hydrogen) atoms. The number of aryl methyl sites for hydroxylation is 2. The molecule has 6 heteroatoms. The molecule has 1 aliphatic heterocycles. The molecule has 2 aliphatic rings. The number of carbonyl (C=O) groups is 2. The van der Waals surface area contributed by atoms with Crippen LogP contribution in [0.25, 0.3) is 0 Å². The van der Waals surface area contributed by atoms with Crippen molar-refractivity contribution < 1.29 is 9.59 Å². The van der Waals surface area contributed by atoms with Crippen LogP contribution in [-0.2, 0) is 17.6 Å². The highest BCUT2D eigenvalue weighted by atomic mass is 32.1. The largest absolute Gasteiger partial charge is 0.355 e. The first kappa shape index (κ1) is 18.4. The van der Waals surface area contributed by atoms with Crippen LogP contribution in [0.5, 0.6) is 0 Å². The molecule has 0 radical (unpaired) electrons. The van der Waals surface area contributed by atoms with E-state index in [1.807, 2.05) is 4.90 Å². The van der Waals surface area contributed by atoms with Gasteiger partial charge in [0.1, 0.15) is 0 Å². The van der Waals surface area contributed by atoms with Crippen LogP contribution in [0, 0.1) is 5.92 Å². The monoisotopic (exact) mass is 363 g/mol. The predicted molar refractivity (Wildman–Crippen MR) is 101 cm³/mol. The molecule has 3 N–H and O–H groups in total. The SMILES string of the molecule is NCCNC(=O)C1CCCN(C(=O)c2cc3c(s2)CCCCCC3)C1. The Morgan fingerprint density at radius 2 is 2.00 bits per heavy atom. The Hall–Kier alpha value is -1.40. The average molecular weight is 364 g/mol. The van der Waals surface area contributed by atoms with Crippen molar-refractivity contribution in [3.63, 3.8) is 0 Å². The van der Waals surface area contributed by atoms with Crippen molar-refractivity contribution in [2.24, 2.45) is 11.7 Å². The minimum Gasteiger partial charge on any atom is -0.355 e. The molecule has 0 saturated carbocycles. The fraction of sp³-hybridized carbons (Fsp3) is 0.684. The van der Waals surface area contributed by atoms with Gasteiger partial charge in [0, 0.05) is 31.1 Å². The molecule has 0 aromatic carbocycles. The molecule has 1 fully saturated rings. The normalized spacial score (nSPS) is 21.2. The van der Waals surface area contributed by atoms with Gasteiger partial charge in [-0.15, -0.1) is 11.3 Å². The molecule has 0 bridgehead atoms. The number of amides is 2. The lowest BCUT2D eigenvalue weighted by molar-refractivity contribution is -0.126. The lowest BCUT2D eigenvalue weighted by atomic mass is 9.96. The zero-order valence-corrected chi connectivity index (χ0v) is 15.7. The number of hydrogen-bond acceptors (Lipinski definition) is 4. The van der Waals surface area contributed by atoms with E-state index in [0.29, 0.717) is 19.6 Å². The molecule has 2 heterocycles.